The summed E-state index contributed by atoms with van der Waals surface area (Å²) >= 11 is 1.90. The van der Waals surface area contributed by atoms with Gasteiger partial charge in [-0.15, -0.1) is 11.3 Å². The van der Waals surface area contributed by atoms with Crippen molar-refractivity contribution >= 4 is 11.3 Å². The number of nitrogens with one attached hydrogen (secondary N) is 1. The van der Waals surface area contributed by atoms with Gasteiger partial charge in [-0.25, -0.2) is 0 Å². The smallest absolute Gasteiger partial charge is 0.0668 e. The van der Waals surface area contributed by atoms with Gasteiger partial charge >= 0.3 is 0 Å². The van der Waals surface area contributed by atoms with E-state index in [1.807, 2.05) is 18.4 Å². The number of thiophene rings is 1. The van der Waals surface area contributed by atoms with Crippen molar-refractivity contribution in [2.45, 2.75) is 40.2 Å². The third-order valence-electron chi connectivity index (χ3n) is 3.69. The second-order valence-electron chi connectivity index (χ2n) is 5.95. The molecule has 20 heavy (non-hydrogen) atoms. The van der Waals surface area contributed by atoms with Crippen LogP contribution in [0.5, 0.6) is 0 Å². The Morgan fingerprint density at radius 3 is 2.45 bits per heavy atom. The zero-order chi connectivity index (χ0) is 14.7. The van der Waals surface area contributed by atoms with E-state index in [1.165, 1.54) is 26.4 Å². The van der Waals surface area contributed by atoms with E-state index in [-0.39, 0.29) is 0 Å². The Balaban J connectivity index is 2.31. The largest absolute Gasteiger partial charge is 0.309 e. The van der Waals surface area contributed by atoms with E-state index in [0.29, 0.717) is 12.0 Å². The van der Waals surface area contributed by atoms with E-state index in [0.717, 1.165) is 6.42 Å². The van der Waals surface area contributed by atoms with Crippen LogP contribution in [0, 0.1) is 19.8 Å². The average molecular weight is 287 g/mol. The molecule has 0 aliphatic carbocycles. The minimum Gasteiger partial charge on any atom is -0.309 e. The molecule has 1 aromatic heterocycles. The van der Waals surface area contributed by atoms with Crippen LogP contribution >= 0.6 is 11.3 Å². The van der Waals surface area contributed by atoms with Gasteiger partial charge in [-0.3, -0.25) is 0 Å². The molecule has 1 N–H and O–H groups in total. The molecule has 1 aromatic carbocycles. The monoisotopic (exact) mass is 287 g/mol. The Labute approximate surface area is 127 Å². The van der Waals surface area contributed by atoms with Crippen LogP contribution in [0.1, 0.15) is 46.3 Å². The first-order valence-corrected chi connectivity index (χ1v) is 8.16. The Kier molecular flexibility index (Phi) is 5.00. The van der Waals surface area contributed by atoms with Crippen molar-refractivity contribution in [3.8, 4) is 0 Å². The summed E-state index contributed by atoms with van der Waals surface area (Å²) < 4.78 is 0. The molecule has 2 rings (SSSR count). The van der Waals surface area contributed by atoms with Crippen molar-refractivity contribution in [3.05, 3.63) is 56.8 Å². The molecule has 1 nitrogen and oxygen atoms in total. The SMILES string of the molecule is CNC(c1cccc(CC(C)C)c1)c1cc(C)c(C)s1. The van der Waals surface area contributed by atoms with E-state index < -0.39 is 0 Å². The summed E-state index contributed by atoms with van der Waals surface area (Å²) in [5, 5.41) is 3.47. The zero-order valence-electron chi connectivity index (χ0n) is 13.2. The fraction of sp³-hybridized carbons (Fsp3) is 0.444. The standard InChI is InChI=1S/C18H25NS/c1-12(2)9-15-7-6-8-16(11-15)18(19-5)17-10-13(3)14(4)20-17/h6-8,10-12,18-19H,9H2,1-5H3. The molecule has 0 aliphatic heterocycles. The second-order valence-corrected chi connectivity index (χ2v) is 7.24. The molecule has 1 atom stereocenters. The number of benzene rings is 1. The van der Waals surface area contributed by atoms with Crippen molar-refractivity contribution < 1.29 is 0 Å². The Hall–Kier alpha value is -1.12. The summed E-state index contributed by atoms with van der Waals surface area (Å²) in [6, 6.07) is 11.6. The normalized spacial score (nSPS) is 12.9. The number of aryl methyl sites for hydroxylation is 2. The number of rotatable bonds is 5. The van der Waals surface area contributed by atoms with Gasteiger partial charge in [-0.05, 0) is 56.0 Å². The fourth-order valence-electron chi connectivity index (χ4n) is 2.59. The van der Waals surface area contributed by atoms with Crippen molar-refractivity contribution in [1.82, 2.24) is 5.32 Å². The van der Waals surface area contributed by atoms with E-state index in [2.05, 4.69) is 63.3 Å². The van der Waals surface area contributed by atoms with Gasteiger partial charge in [-0.2, -0.15) is 0 Å². The Bertz CT molecular complexity index is 549. The molecule has 2 heteroatoms. The maximum Gasteiger partial charge on any atom is 0.0668 e. The van der Waals surface area contributed by atoms with Crippen LogP contribution in [0.15, 0.2) is 30.3 Å². The van der Waals surface area contributed by atoms with Crippen LogP contribution in [0.2, 0.25) is 0 Å². The van der Waals surface area contributed by atoms with Gasteiger partial charge in [0.2, 0.25) is 0 Å². The van der Waals surface area contributed by atoms with Crippen molar-refractivity contribution in [3.63, 3.8) is 0 Å². The van der Waals surface area contributed by atoms with Crippen molar-refractivity contribution in [2.24, 2.45) is 5.92 Å². The summed E-state index contributed by atoms with van der Waals surface area (Å²) in [5.74, 6) is 0.699. The molecular weight excluding hydrogens is 262 g/mol. The highest BCUT2D eigenvalue weighted by molar-refractivity contribution is 7.12. The summed E-state index contributed by atoms with van der Waals surface area (Å²) in [6.45, 7) is 8.94. The summed E-state index contributed by atoms with van der Waals surface area (Å²) in [5.41, 5.74) is 4.19. The zero-order valence-corrected chi connectivity index (χ0v) is 14.0. The predicted molar refractivity (Wildman–Crippen MR) is 89.7 cm³/mol. The summed E-state index contributed by atoms with van der Waals surface area (Å²) in [4.78, 5) is 2.82. The minimum absolute atomic E-state index is 0.305. The van der Waals surface area contributed by atoms with Gasteiger partial charge in [0.1, 0.15) is 0 Å². The molecule has 0 radical (unpaired) electrons. The lowest BCUT2D eigenvalue weighted by Crippen LogP contribution is -2.16. The molecule has 0 saturated carbocycles. The lowest BCUT2D eigenvalue weighted by atomic mass is 9.97. The third kappa shape index (κ3) is 3.50. The maximum atomic E-state index is 3.47. The van der Waals surface area contributed by atoms with E-state index in [9.17, 15) is 0 Å². The fourth-order valence-corrected chi connectivity index (χ4v) is 3.77. The van der Waals surface area contributed by atoms with Gasteiger partial charge in [0, 0.05) is 9.75 Å². The van der Waals surface area contributed by atoms with Crippen LogP contribution < -0.4 is 5.32 Å². The van der Waals surface area contributed by atoms with Crippen LogP contribution in [-0.2, 0) is 6.42 Å². The van der Waals surface area contributed by atoms with Gasteiger partial charge < -0.3 is 5.32 Å². The predicted octanol–water partition coefficient (Wildman–Crippen LogP) is 4.87. The highest BCUT2D eigenvalue weighted by Gasteiger charge is 2.15. The summed E-state index contributed by atoms with van der Waals surface area (Å²) in [7, 11) is 2.05. The first-order valence-electron chi connectivity index (χ1n) is 7.34. The highest BCUT2D eigenvalue weighted by atomic mass is 32.1. The molecule has 0 bridgehead atoms. The van der Waals surface area contributed by atoms with E-state index >= 15 is 0 Å². The topological polar surface area (TPSA) is 12.0 Å². The number of hydrogen-bond donors (Lipinski definition) is 1. The molecule has 0 aliphatic rings. The number of hydrogen-bond acceptors (Lipinski definition) is 2. The lowest BCUT2D eigenvalue weighted by Gasteiger charge is -2.16. The van der Waals surface area contributed by atoms with Crippen LogP contribution in [-0.4, -0.2) is 7.05 Å². The van der Waals surface area contributed by atoms with Crippen LogP contribution in [0.3, 0.4) is 0 Å². The Morgan fingerprint density at radius 2 is 1.90 bits per heavy atom. The van der Waals surface area contributed by atoms with Gasteiger partial charge in [0.25, 0.3) is 0 Å². The minimum atomic E-state index is 0.305. The van der Waals surface area contributed by atoms with Gasteiger partial charge in [0.05, 0.1) is 6.04 Å². The average Bonchev–Trinajstić information content (AvgIpc) is 2.70. The van der Waals surface area contributed by atoms with Crippen LogP contribution in [0.25, 0.3) is 0 Å². The molecule has 2 aromatic rings. The lowest BCUT2D eigenvalue weighted by molar-refractivity contribution is 0.644. The van der Waals surface area contributed by atoms with Crippen molar-refractivity contribution in [2.75, 3.05) is 7.05 Å². The van der Waals surface area contributed by atoms with Gasteiger partial charge in [-0.1, -0.05) is 38.1 Å². The Morgan fingerprint density at radius 1 is 1.15 bits per heavy atom. The third-order valence-corrected chi connectivity index (χ3v) is 4.90. The first-order chi connectivity index (χ1) is 9.51. The molecule has 0 spiro atoms. The maximum absolute atomic E-state index is 3.47. The molecule has 0 amide bonds. The van der Waals surface area contributed by atoms with E-state index in [4.69, 9.17) is 0 Å². The van der Waals surface area contributed by atoms with E-state index in [1.54, 1.807) is 0 Å². The molecule has 0 fully saturated rings. The first kappa shape index (κ1) is 15.3. The quantitative estimate of drug-likeness (QED) is 0.827. The molecular formula is C18H25NS. The second kappa shape index (κ2) is 6.55. The molecule has 0 saturated heterocycles. The molecule has 1 unspecified atom stereocenters. The molecule has 108 valence electrons. The summed E-state index contributed by atoms with van der Waals surface area (Å²) in [6.07, 6.45) is 1.15. The van der Waals surface area contributed by atoms with Gasteiger partial charge in [0.15, 0.2) is 0 Å². The van der Waals surface area contributed by atoms with Crippen LogP contribution in [0.4, 0.5) is 0 Å². The molecule has 1 heterocycles. The highest BCUT2D eigenvalue weighted by Crippen LogP contribution is 2.31. The van der Waals surface area contributed by atoms with Crippen molar-refractivity contribution in [1.29, 1.82) is 0 Å².